The number of aromatic nitrogens is 3. The van der Waals surface area contributed by atoms with Crippen LogP contribution in [0.1, 0.15) is 29.3 Å². The number of carbonyl (C=O) groups is 1. The zero-order valence-electron chi connectivity index (χ0n) is 14.9. The van der Waals surface area contributed by atoms with E-state index in [1.54, 1.807) is 0 Å². The van der Waals surface area contributed by atoms with E-state index in [4.69, 9.17) is 0 Å². The predicted octanol–water partition coefficient (Wildman–Crippen LogP) is 3.11. The second kappa shape index (κ2) is 6.54. The number of benzene rings is 2. The highest BCUT2D eigenvalue weighted by Gasteiger charge is 2.46. The van der Waals surface area contributed by atoms with Crippen molar-refractivity contribution in [2.24, 2.45) is 5.92 Å². The molecule has 3 aromatic rings. The second-order valence-electron chi connectivity index (χ2n) is 7.27. The number of nitrogens with one attached hydrogen (secondary N) is 2. The number of fused-ring (bicyclic) bond motifs is 1. The Morgan fingerprint density at radius 3 is 2.93 bits per heavy atom. The van der Waals surface area contributed by atoms with Crippen LogP contribution >= 0.6 is 0 Å². The van der Waals surface area contributed by atoms with Gasteiger partial charge < -0.3 is 10.2 Å². The van der Waals surface area contributed by atoms with Crippen LogP contribution in [0.2, 0.25) is 0 Å². The summed E-state index contributed by atoms with van der Waals surface area (Å²) < 4.78 is 0. The highest BCUT2D eigenvalue weighted by molar-refractivity contribution is 5.95. The van der Waals surface area contributed by atoms with Gasteiger partial charge in [-0.1, -0.05) is 36.4 Å². The average Bonchev–Trinajstić information content (AvgIpc) is 3.12. The lowest BCUT2D eigenvalue weighted by Crippen LogP contribution is -2.22. The van der Waals surface area contributed by atoms with E-state index in [1.165, 1.54) is 17.6 Å². The fourth-order valence-corrected chi connectivity index (χ4v) is 3.96. The standard InChI is InChI=1S/C21H21N5O/c27-21(17-11-16(17)20-22-13-23-25-20)24-18-7-3-1-6-15(18)12-26-10-9-14-5-2-4-8-19(14)26/h1-8,13,16-17H,9-12H2,(H,24,27)(H,22,23,25)/t16-,17-/m0/s1. The van der Waals surface area contributed by atoms with Gasteiger partial charge in [0.2, 0.25) is 5.91 Å². The van der Waals surface area contributed by atoms with Gasteiger partial charge in [0.15, 0.2) is 0 Å². The number of H-pyrrole nitrogens is 1. The lowest BCUT2D eigenvalue weighted by atomic mass is 10.1. The normalized spacial score (nSPS) is 20.4. The van der Waals surface area contributed by atoms with E-state index >= 15 is 0 Å². The average molecular weight is 359 g/mol. The molecule has 1 amide bonds. The van der Waals surface area contributed by atoms with Gasteiger partial charge in [-0.15, -0.1) is 0 Å². The first-order valence-electron chi connectivity index (χ1n) is 9.36. The summed E-state index contributed by atoms with van der Waals surface area (Å²) in [7, 11) is 0. The third-order valence-electron chi connectivity index (χ3n) is 5.53. The molecule has 2 aromatic carbocycles. The van der Waals surface area contributed by atoms with Gasteiger partial charge in [0.05, 0.1) is 0 Å². The number of aromatic amines is 1. The minimum atomic E-state index is -0.0291. The summed E-state index contributed by atoms with van der Waals surface area (Å²) in [6.07, 6.45) is 3.39. The first-order valence-corrected chi connectivity index (χ1v) is 9.36. The van der Waals surface area contributed by atoms with E-state index in [-0.39, 0.29) is 17.7 Å². The van der Waals surface area contributed by atoms with Crippen molar-refractivity contribution in [1.82, 2.24) is 15.2 Å². The Bertz CT molecular complexity index is 968. The molecular formula is C21H21N5O. The van der Waals surface area contributed by atoms with Crippen molar-refractivity contribution >= 4 is 17.3 Å². The summed E-state index contributed by atoms with van der Waals surface area (Å²) in [4.78, 5) is 19.2. The number of nitrogens with zero attached hydrogens (tertiary/aromatic N) is 3. The molecule has 1 saturated carbocycles. The van der Waals surface area contributed by atoms with Gasteiger partial charge in [0.25, 0.3) is 0 Å². The van der Waals surface area contributed by atoms with Crippen LogP contribution in [-0.2, 0) is 17.8 Å². The fourth-order valence-electron chi connectivity index (χ4n) is 3.96. The molecule has 1 aliphatic carbocycles. The Labute approximate surface area is 157 Å². The SMILES string of the molecule is O=C(Nc1ccccc1CN1CCc2ccccc21)[C@H]1C[C@@H]1c1ncn[nH]1. The molecule has 0 spiro atoms. The summed E-state index contributed by atoms with van der Waals surface area (Å²) in [5.41, 5.74) is 4.73. The minimum absolute atomic E-state index is 0.0291. The maximum Gasteiger partial charge on any atom is 0.228 e. The van der Waals surface area contributed by atoms with Gasteiger partial charge in [-0.3, -0.25) is 9.89 Å². The smallest absolute Gasteiger partial charge is 0.228 e. The number of anilines is 2. The number of amides is 1. The van der Waals surface area contributed by atoms with E-state index in [9.17, 15) is 4.79 Å². The van der Waals surface area contributed by atoms with E-state index in [2.05, 4.69) is 55.7 Å². The quantitative estimate of drug-likeness (QED) is 0.734. The zero-order chi connectivity index (χ0) is 18.2. The lowest BCUT2D eigenvalue weighted by Gasteiger charge is -2.21. The van der Waals surface area contributed by atoms with Crippen molar-refractivity contribution in [1.29, 1.82) is 0 Å². The number of carbonyl (C=O) groups excluding carboxylic acids is 1. The maximum atomic E-state index is 12.7. The zero-order valence-corrected chi connectivity index (χ0v) is 14.9. The van der Waals surface area contributed by atoms with Crippen molar-refractivity contribution in [3.63, 3.8) is 0 Å². The molecule has 1 fully saturated rings. The van der Waals surface area contributed by atoms with Gasteiger partial charge in [-0.2, -0.15) is 5.10 Å². The molecule has 2 atom stereocenters. The first kappa shape index (κ1) is 16.1. The first-order chi connectivity index (χ1) is 13.3. The van der Waals surface area contributed by atoms with Gasteiger partial charge in [-0.25, -0.2) is 4.98 Å². The molecule has 2 aliphatic rings. The lowest BCUT2D eigenvalue weighted by molar-refractivity contribution is -0.117. The van der Waals surface area contributed by atoms with Gasteiger partial charge in [0.1, 0.15) is 12.2 Å². The van der Waals surface area contributed by atoms with Crippen LogP contribution in [0.25, 0.3) is 0 Å². The highest BCUT2D eigenvalue weighted by Crippen LogP contribution is 2.46. The Balaban J connectivity index is 1.30. The molecule has 0 saturated heterocycles. The molecule has 0 radical (unpaired) electrons. The minimum Gasteiger partial charge on any atom is -0.367 e. The van der Waals surface area contributed by atoms with Crippen molar-refractivity contribution in [3.8, 4) is 0 Å². The van der Waals surface area contributed by atoms with Crippen molar-refractivity contribution < 1.29 is 4.79 Å². The molecular weight excluding hydrogens is 338 g/mol. The Morgan fingerprint density at radius 1 is 1.19 bits per heavy atom. The number of hydrogen-bond donors (Lipinski definition) is 2. The van der Waals surface area contributed by atoms with Crippen LogP contribution in [0.3, 0.4) is 0 Å². The summed E-state index contributed by atoms with van der Waals surface area (Å²) in [6, 6.07) is 16.6. The molecule has 27 heavy (non-hydrogen) atoms. The molecule has 6 heteroatoms. The molecule has 1 aliphatic heterocycles. The summed E-state index contributed by atoms with van der Waals surface area (Å²) in [6.45, 7) is 1.81. The number of para-hydroxylation sites is 2. The number of rotatable bonds is 5. The van der Waals surface area contributed by atoms with Crippen LogP contribution in [0, 0.1) is 5.92 Å². The van der Waals surface area contributed by atoms with Crippen LogP contribution in [0.4, 0.5) is 11.4 Å². The van der Waals surface area contributed by atoms with E-state index in [1.807, 2.05) is 18.2 Å². The van der Waals surface area contributed by atoms with Crippen LogP contribution in [0.15, 0.2) is 54.9 Å². The van der Waals surface area contributed by atoms with Crippen LogP contribution in [0.5, 0.6) is 0 Å². The van der Waals surface area contributed by atoms with Crippen molar-refractivity contribution in [2.45, 2.75) is 25.3 Å². The number of hydrogen-bond acceptors (Lipinski definition) is 4. The van der Waals surface area contributed by atoms with Gasteiger partial charge in [0, 0.05) is 36.3 Å². The van der Waals surface area contributed by atoms with E-state index in [0.29, 0.717) is 0 Å². The van der Waals surface area contributed by atoms with Crippen molar-refractivity contribution in [3.05, 3.63) is 71.8 Å². The molecule has 0 bridgehead atoms. The van der Waals surface area contributed by atoms with Crippen LogP contribution < -0.4 is 10.2 Å². The maximum absolute atomic E-state index is 12.7. The summed E-state index contributed by atoms with van der Waals surface area (Å²) >= 11 is 0. The van der Waals surface area contributed by atoms with Gasteiger partial charge >= 0.3 is 0 Å². The Morgan fingerprint density at radius 2 is 2.04 bits per heavy atom. The highest BCUT2D eigenvalue weighted by atomic mass is 16.2. The molecule has 0 unspecified atom stereocenters. The molecule has 1 aromatic heterocycles. The molecule has 5 rings (SSSR count). The fraction of sp³-hybridized carbons (Fsp3) is 0.286. The second-order valence-corrected chi connectivity index (χ2v) is 7.27. The molecule has 2 N–H and O–H groups in total. The third-order valence-corrected chi connectivity index (χ3v) is 5.53. The van der Waals surface area contributed by atoms with Crippen molar-refractivity contribution in [2.75, 3.05) is 16.8 Å². The third kappa shape index (κ3) is 3.07. The summed E-state index contributed by atoms with van der Waals surface area (Å²) in [5, 5.41) is 9.88. The largest absolute Gasteiger partial charge is 0.367 e. The molecule has 2 heterocycles. The monoisotopic (exact) mass is 359 g/mol. The van der Waals surface area contributed by atoms with E-state index in [0.717, 1.165) is 43.0 Å². The Kier molecular flexibility index (Phi) is 3.89. The Hall–Kier alpha value is -3.15. The summed E-state index contributed by atoms with van der Waals surface area (Å²) in [5.74, 6) is 0.992. The van der Waals surface area contributed by atoms with Crippen LogP contribution in [-0.4, -0.2) is 27.6 Å². The van der Waals surface area contributed by atoms with Gasteiger partial charge in [-0.05, 0) is 36.1 Å². The molecule has 6 nitrogen and oxygen atoms in total. The topological polar surface area (TPSA) is 73.9 Å². The molecule has 136 valence electrons. The van der Waals surface area contributed by atoms with E-state index < -0.39 is 0 Å². The predicted molar refractivity (Wildman–Crippen MR) is 103 cm³/mol.